The Bertz CT molecular complexity index is 218. The molecule has 0 heterocycles. The Kier molecular flexibility index (Phi) is 1.57. The van der Waals surface area contributed by atoms with Gasteiger partial charge in [-0.25, -0.2) is 0 Å². The summed E-state index contributed by atoms with van der Waals surface area (Å²) >= 11 is 7.85. The van der Waals surface area contributed by atoms with Crippen molar-refractivity contribution in [1.29, 1.82) is 0 Å². The van der Waals surface area contributed by atoms with Crippen LogP contribution in [0.1, 0.15) is 40.5 Å². The van der Waals surface area contributed by atoms with Gasteiger partial charge >= 0.3 is 0 Å². The second-order valence-electron chi connectivity index (χ2n) is 5.72. The van der Waals surface area contributed by atoms with Gasteiger partial charge in [-0.05, 0) is 23.7 Å². The number of rotatable bonds is 1. The molecular weight excluding hydrogens is 280 g/mol. The van der Waals surface area contributed by atoms with Crippen molar-refractivity contribution in [1.82, 2.24) is 0 Å². The fourth-order valence-electron chi connectivity index (χ4n) is 2.48. The molecule has 0 aromatic carbocycles. The summed E-state index contributed by atoms with van der Waals surface area (Å²) < 4.78 is 0.715. The molecule has 0 amide bonds. The number of alkyl halides is 2. The summed E-state index contributed by atoms with van der Waals surface area (Å²) in [6.07, 6.45) is 2.60. The maximum atomic E-state index is 3.92. The first-order chi connectivity index (χ1) is 5.16. The van der Waals surface area contributed by atoms with Gasteiger partial charge in [-0.1, -0.05) is 59.6 Å². The van der Waals surface area contributed by atoms with E-state index in [9.17, 15) is 0 Å². The van der Waals surface area contributed by atoms with E-state index in [4.69, 9.17) is 0 Å². The summed E-state index contributed by atoms with van der Waals surface area (Å²) in [5, 5.41) is 0. The highest BCUT2D eigenvalue weighted by atomic mass is 79.9. The van der Waals surface area contributed by atoms with E-state index in [1.807, 2.05) is 0 Å². The largest absolute Gasteiger partial charge is 0.0832 e. The Labute approximate surface area is 91.7 Å². The Morgan fingerprint density at radius 2 is 0.917 bits per heavy atom. The van der Waals surface area contributed by atoms with Crippen LogP contribution >= 0.6 is 31.9 Å². The zero-order valence-electron chi connectivity index (χ0n) is 8.17. The van der Waals surface area contributed by atoms with Gasteiger partial charge in [-0.15, -0.1) is 0 Å². The second-order valence-corrected chi connectivity index (χ2v) is 8.43. The lowest BCUT2D eigenvalue weighted by Crippen LogP contribution is -2.27. The van der Waals surface area contributed by atoms with Crippen molar-refractivity contribution in [3.8, 4) is 0 Å². The minimum Gasteiger partial charge on any atom is -0.0832 e. The first kappa shape index (κ1) is 9.51. The quantitative estimate of drug-likeness (QED) is 0.639. The van der Waals surface area contributed by atoms with E-state index in [0.717, 1.165) is 0 Å². The monoisotopic (exact) mass is 294 g/mol. The molecular formula is C10H16Br2. The summed E-state index contributed by atoms with van der Waals surface area (Å²) in [6, 6.07) is 0. The van der Waals surface area contributed by atoms with Gasteiger partial charge in [0.1, 0.15) is 0 Å². The number of hydrogen-bond acceptors (Lipinski definition) is 0. The highest BCUT2D eigenvalue weighted by Crippen LogP contribution is 2.81. The van der Waals surface area contributed by atoms with Crippen LogP contribution in [-0.2, 0) is 0 Å². The molecule has 2 rings (SSSR count). The average Bonchev–Trinajstić information content (AvgIpc) is 2.49. The normalized spacial score (nSPS) is 53.5. The molecule has 2 aliphatic carbocycles. The van der Waals surface area contributed by atoms with Crippen LogP contribution in [0.15, 0.2) is 0 Å². The van der Waals surface area contributed by atoms with E-state index < -0.39 is 0 Å². The molecule has 12 heavy (non-hydrogen) atoms. The summed E-state index contributed by atoms with van der Waals surface area (Å²) in [6.45, 7) is 9.39. The van der Waals surface area contributed by atoms with Crippen molar-refractivity contribution >= 4 is 31.9 Å². The molecule has 2 unspecified atom stereocenters. The fraction of sp³-hybridized carbons (Fsp3) is 1.00. The van der Waals surface area contributed by atoms with Crippen LogP contribution in [0.25, 0.3) is 0 Å². The van der Waals surface area contributed by atoms with Crippen LogP contribution in [0.4, 0.5) is 0 Å². The lowest BCUT2D eigenvalue weighted by molar-refractivity contribution is 0.513. The van der Waals surface area contributed by atoms with Gasteiger partial charge in [-0.3, -0.25) is 0 Å². The smallest absolute Gasteiger partial charge is 0.0473 e. The molecule has 2 saturated carbocycles. The van der Waals surface area contributed by atoms with Crippen LogP contribution in [0.3, 0.4) is 0 Å². The standard InChI is InChI=1S/C10H16Br2/c1-7(2)5-9(7,11)10(12)6-8(10,3)4/h5-6H2,1-4H3. The van der Waals surface area contributed by atoms with Crippen LogP contribution in [0.5, 0.6) is 0 Å². The van der Waals surface area contributed by atoms with Crippen LogP contribution in [-0.4, -0.2) is 8.65 Å². The lowest BCUT2D eigenvalue weighted by atomic mass is 10.0. The van der Waals surface area contributed by atoms with E-state index >= 15 is 0 Å². The zero-order valence-corrected chi connectivity index (χ0v) is 11.3. The van der Waals surface area contributed by atoms with Gasteiger partial charge in [-0.2, -0.15) is 0 Å². The highest BCUT2D eigenvalue weighted by molar-refractivity contribution is 9.13. The van der Waals surface area contributed by atoms with E-state index in [1.165, 1.54) is 12.8 Å². The Balaban J connectivity index is 2.25. The average molecular weight is 296 g/mol. The molecule has 0 aliphatic heterocycles. The van der Waals surface area contributed by atoms with E-state index in [0.29, 0.717) is 19.5 Å². The van der Waals surface area contributed by atoms with Gasteiger partial charge in [0, 0.05) is 8.65 Å². The number of halogens is 2. The molecule has 2 heteroatoms. The van der Waals surface area contributed by atoms with E-state index in [2.05, 4.69) is 59.6 Å². The van der Waals surface area contributed by atoms with Gasteiger partial charge in [0.15, 0.2) is 0 Å². The van der Waals surface area contributed by atoms with Crippen molar-refractivity contribution in [2.75, 3.05) is 0 Å². The minimum atomic E-state index is 0.358. The molecule has 0 radical (unpaired) electrons. The SMILES string of the molecule is CC1(C)CC1(Br)C1(Br)CC1(C)C. The molecule has 0 saturated heterocycles. The molecule has 0 aromatic rings. The molecule has 2 atom stereocenters. The van der Waals surface area contributed by atoms with Crippen LogP contribution in [0, 0.1) is 10.8 Å². The van der Waals surface area contributed by atoms with Gasteiger partial charge in [0.25, 0.3) is 0 Å². The summed E-state index contributed by atoms with van der Waals surface area (Å²) in [5.41, 5.74) is 0.953. The molecule has 2 aliphatic rings. The van der Waals surface area contributed by atoms with E-state index in [1.54, 1.807) is 0 Å². The Morgan fingerprint density at radius 1 is 0.750 bits per heavy atom. The first-order valence-corrected chi connectivity index (χ1v) is 6.13. The summed E-state index contributed by atoms with van der Waals surface area (Å²) in [7, 11) is 0. The minimum absolute atomic E-state index is 0.358. The fourth-order valence-corrected chi connectivity index (χ4v) is 5.24. The molecule has 70 valence electrons. The third-order valence-electron chi connectivity index (χ3n) is 3.89. The Morgan fingerprint density at radius 3 is 1.00 bits per heavy atom. The van der Waals surface area contributed by atoms with E-state index in [-0.39, 0.29) is 0 Å². The molecule has 0 N–H and O–H groups in total. The third kappa shape index (κ3) is 0.841. The molecule has 2 fully saturated rings. The summed E-state index contributed by atoms with van der Waals surface area (Å²) in [4.78, 5) is 0. The third-order valence-corrected chi connectivity index (χ3v) is 8.49. The Hall–Kier alpha value is 0.960. The van der Waals surface area contributed by atoms with Crippen molar-refractivity contribution in [3.63, 3.8) is 0 Å². The summed E-state index contributed by atoms with van der Waals surface area (Å²) in [5.74, 6) is 0. The molecule has 0 bridgehead atoms. The first-order valence-electron chi connectivity index (χ1n) is 4.54. The van der Waals surface area contributed by atoms with Gasteiger partial charge < -0.3 is 0 Å². The second kappa shape index (κ2) is 1.98. The molecule has 0 spiro atoms. The predicted molar refractivity (Wildman–Crippen MR) is 60.1 cm³/mol. The zero-order chi connectivity index (χ0) is 9.41. The topological polar surface area (TPSA) is 0 Å². The lowest BCUT2D eigenvalue weighted by Gasteiger charge is -2.23. The maximum Gasteiger partial charge on any atom is 0.0473 e. The van der Waals surface area contributed by atoms with Crippen molar-refractivity contribution in [2.45, 2.75) is 49.2 Å². The van der Waals surface area contributed by atoms with Gasteiger partial charge in [0.05, 0.1) is 0 Å². The van der Waals surface area contributed by atoms with Crippen molar-refractivity contribution in [2.24, 2.45) is 10.8 Å². The highest BCUT2D eigenvalue weighted by Gasteiger charge is 2.80. The van der Waals surface area contributed by atoms with Crippen LogP contribution < -0.4 is 0 Å². The molecule has 0 aromatic heterocycles. The predicted octanol–water partition coefficient (Wildman–Crippen LogP) is 4.11. The van der Waals surface area contributed by atoms with Crippen molar-refractivity contribution < 1.29 is 0 Å². The maximum absolute atomic E-state index is 3.92. The van der Waals surface area contributed by atoms with Crippen molar-refractivity contribution in [3.05, 3.63) is 0 Å². The van der Waals surface area contributed by atoms with Gasteiger partial charge in [0.2, 0.25) is 0 Å². The number of hydrogen-bond donors (Lipinski definition) is 0. The van der Waals surface area contributed by atoms with Crippen LogP contribution in [0.2, 0.25) is 0 Å². The molecule has 0 nitrogen and oxygen atoms in total.